The summed E-state index contributed by atoms with van der Waals surface area (Å²) >= 11 is 0. The minimum absolute atomic E-state index is 0.00279. The van der Waals surface area contributed by atoms with Crippen molar-refractivity contribution in [2.24, 2.45) is 5.92 Å². The predicted molar refractivity (Wildman–Crippen MR) is 122 cm³/mol. The van der Waals surface area contributed by atoms with Gasteiger partial charge in [0.2, 0.25) is 5.91 Å². The molecule has 0 aliphatic carbocycles. The molecule has 0 aromatic carbocycles. The summed E-state index contributed by atoms with van der Waals surface area (Å²) in [5, 5.41) is 11.6. The van der Waals surface area contributed by atoms with Crippen molar-refractivity contribution in [2.45, 2.75) is 31.7 Å². The van der Waals surface area contributed by atoms with Crippen LogP contribution in [0.25, 0.3) is 22.2 Å². The van der Waals surface area contributed by atoms with E-state index in [1.807, 2.05) is 12.1 Å². The van der Waals surface area contributed by atoms with E-state index in [1.54, 1.807) is 24.8 Å². The lowest BCUT2D eigenvalue weighted by atomic mass is 9.99. The maximum Gasteiger partial charge on any atom is 0.228 e. The second-order valence-corrected chi connectivity index (χ2v) is 8.32. The van der Waals surface area contributed by atoms with Crippen molar-refractivity contribution in [3.8, 4) is 11.4 Å². The number of nitrogens with zero attached hydrogens (tertiary/aromatic N) is 4. The van der Waals surface area contributed by atoms with Crippen molar-refractivity contribution in [1.29, 1.82) is 0 Å². The van der Waals surface area contributed by atoms with E-state index in [0.29, 0.717) is 30.8 Å². The normalized spacial score (nSPS) is 17.9. The van der Waals surface area contributed by atoms with E-state index in [4.69, 9.17) is 9.72 Å². The Morgan fingerprint density at radius 3 is 2.56 bits per heavy atom. The first kappa shape index (κ1) is 20.7. The summed E-state index contributed by atoms with van der Waals surface area (Å²) in [5.74, 6) is 1.27. The fourth-order valence-corrected chi connectivity index (χ4v) is 4.17. The molecule has 0 atom stereocenters. The van der Waals surface area contributed by atoms with Crippen molar-refractivity contribution in [2.75, 3.05) is 36.9 Å². The summed E-state index contributed by atoms with van der Waals surface area (Å²) in [6, 6.07) is 4.24. The Morgan fingerprint density at radius 2 is 1.72 bits per heavy atom. The van der Waals surface area contributed by atoms with Crippen molar-refractivity contribution < 1.29 is 9.53 Å². The van der Waals surface area contributed by atoms with Crippen LogP contribution >= 0.6 is 0 Å². The zero-order chi connectivity index (χ0) is 21.8. The van der Waals surface area contributed by atoms with Gasteiger partial charge in [-0.25, -0.2) is 9.97 Å². The standard InChI is InChI=1S/C23H27N7O2/c31-23(15-3-7-32-8-4-15)30-21-10-16-9-19(26-11-17(16)12-27-21)20-13-25-14-22(29-20)28-18-1-5-24-6-2-18/h9-15,18,24H,1-8H2,(H,28,29)(H,27,30,31). The molecule has 3 aromatic rings. The summed E-state index contributed by atoms with van der Waals surface area (Å²) in [6.45, 7) is 3.28. The van der Waals surface area contributed by atoms with Gasteiger partial charge in [-0.2, -0.15) is 0 Å². The number of aromatic nitrogens is 4. The average Bonchev–Trinajstić information content (AvgIpc) is 2.85. The topological polar surface area (TPSA) is 114 Å². The fraction of sp³-hybridized carbons (Fsp3) is 0.435. The zero-order valence-corrected chi connectivity index (χ0v) is 17.9. The lowest BCUT2D eigenvalue weighted by molar-refractivity contribution is -0.122. The highest BCUT2D eigenvalue weighted by Crippen LogP contribution is 2.24. The van der Waals surface area contributed by atoms with Gasteiger partial charge >= 0.3 is 0 Å². The van der Waals surface area contributed by atoms with Crippen LogP contribution in [0, 0.1) is 5.92 Å². The van der Waals surface area contributed by atoms with Gasteiger partial charge in [-0.15, -0.1) is 0 Å². The van der Waals surface area contributed by atoms with Gasteiger partial charge in [-0.3, -0.25) is 14.8 Å². The van der Waals surface area contributed by atoms with Crippen LogP contribution in [0.1, 0.15) is 25.7 Å². The predicted octanol–water partition coefficient (Wildman–Crippen LogP) is 2.62. The highest BCUT2D eigenvalue weighted by atomic mass is 16.5. The van der Waals surface area contributed by atoms with Crippen LogP contribution in [0.5, 0.6) is 0 Å². The summed E-state index contributed by atoms with van der Waals surface area (Å²) in [6.07, 6.45) is 10.6. The van der Waals surface area contributed by atoms with E-state index in [0.717, 1.165) is 61.1 Å². The number of ether oxygens (including phenoxy) is 1. The van der Waals surface area contributed by atoms with Gasteiger partial charge in [0.05, 0.1) is 18.1 Å². The largest absolute Gasteiger partial charge is 0.381 e. The molecule has 0 bridgehead atoms. The third kappa shape index (κ3) is 4.84. The molecule has 0 spiro atoms. The number of piperidine rings is 1. The van der Waals surface area contributed by atoms with E-state index in [-0.39, 0.29) is 11.8 Å². The smallest absolute Gasteiger partial charge is 0.228 e. The van der Waals surface area contributed by atoms with Crippen LogP contribution in [0.2, 0.25) is 0 Å². The van der Waals surface area contributed by atoms with Crippen LogP contribution in [0.4, 0.5) is 11.6 Å². The molecule has 5 rings (SSSR count). The molecule has 166 valence electrons. The van der Waals surface area contributed by atoms with E-state index in [9.17, 15) is 4.79 Å². The lowest BCUT2D eigenvalue weighted by Crippen LogP contribution is -2.35. The van der Waals surface area contributed by atoms with Crippen LogP contribution in [-0.4, -0.2) is 58.2 Å². The van der Waals surface area contributed by atoms with Gasteiger partial charge in [0.25, 0.3) is 0 Å². The van der Waals surface area contributed by atoms with E-state index >= 15 is 0 Å². The Labute approximate surface area is 186 Å². The molecule has 1 amide bonds. The maximum atomic E-state index is 12.5. The number of hydrogen-bond donors (Lipinski definition) is 3. The number of carbonyl (C=O) groups is 1. The summed E-state index contributed by atoms with van der Waals surface area (Å²) in [5.41, 5.74) is 1.43. The van der Waals surface area contributed by atoms with Crippen LogP contribution < -0.4 is 16.0 Å². The number of carbonyl (C=O) groups excluding carboxylic acids is 1. The molecule has 2 fully saturated rings. The summed E-state index contributed by atoms with van der Waals surface area (Å²) in [7, 11) is 0. The molecular formula is C23H27N7O2. The first-order chi connectivity index (χ1) is 15.7. The first-order valence-corrected chi connectivity index (χ1v) is 11.2. The number of amides is 1. The van der Waals surface area contributed by atoms with E-state index in [1.165, 1.54) is 0 Å². The Morgan fingerprint density at radius 1 is 0.906 bits per heavy atom. The molecule has 5 heterocycles. The third-order valence-electron chi connectivity index (χ3n) is 6.03. The van der Waals surface area contributed by atoms with Crippen molar-refractivity contribution in [3.63, 3.8) is 0 Å². The maximum absolute atomic E-state index is 12.5. The molecule has 0 radical (unpaired) electrons. The molecule has 2 aliphatic heterocycles. The van der Waals surface area contributed by atoms with Gasteiger partial charge in [0.15, 0.2) is 0 Å². The lowest BCUT2D eigenvalue weighted by Gasteiger charge is -2.24. The molecule has 2 saturated heterocycles. The number of nitrogens with one attached hydrogen (secondary N) is 3. The number of hydrogen-bond acceptors (Lipinski definition) is 8. The van der Waals surface area contributed by atoms with E-state index < -0.39 is 0 Å². The van der Waals surface area contributed by atoms with Gasteiger partial charge in [0, 0.05) is 43.0 Å². The second kappa shape index (κ2) is 9.54. The first-order valence-electron chi connectivity index (χ1n) is 11.2. The molecule has 0 unspecified atom stereocenters. The number of pyridine rings is 2. The number of anilines is 2. The van der Waals surface area contributed by atoms with Crippen LogP contribution in [0.3, 0.4) is 0 Å². The van der Waals surface area contributed by atoms with Crippen molar-refractivity contribution in [1.82, 2.24) is 25.3 Å². The Hall–Kier alpha value is -3.17. The quantitative estimate of drug-likeness (QED) is 0.563. The van der Waals surface area contributed by atoms with E-state index in [2.05, 4.69) is 30.9 Å². The third-order valence-corrected chi connectivity index (χ3v) is 6.03. The summed E-state index contributed by atoms with van der Waals surface area (Å²) in [4.78, 5) is 30.5. The Balaban J connectivity index is 1.34. The molecule has 3 aromatic heterocycles. The van der Waals surface area contributed by atoms with Crippen molar-refractivity contribution >= 4 is 28.3 Å². The highest BCUT2D eigenvalue weighted by molar-refractivity contribution is 5.94. The molecule has 32 heavy (non-hydrogen) atoms. The minimum Gasteiger partial charge on any atom is -0.381 e. The molecule has 3 N–H and O–H groups in total. The van der Waals surface area contributed by atoms with Gasteiger partial charge < -0.3 is 20.7 Å². The van der Waals surface area contributed by atoms with Crippen molar-refractivity contribution in [3.05, 3.63) is 36.9 Å². The summed E-state index contributed by atoms with van der Waals surface area (Å²) < 4.78 is 5.34. The van der Waals surface area contributed by atoms with Gasteiger partial charge in [-0.1, -0.05) is 0 Å². The number of rotatable bonds is 5. The highest BCUT2D eigenvalue weighted by Gasteiger charge is 2.22. The number of fused-ring (bicyclic) bond motifs is 1. The monoisotopic (exact) mass is 433 g/mol. The molecule has 2 aliphatic rings. The average molecular weight is 434 g/mol. The molecule has 9 nitrogen and oxygen atoms in total. The van der Waals surface area contributed by atoms with Gasteiger partial charge in [-0.05, 0) is 56.3 Å². The molecule has 9 heteroatoms. The SMILES string of the molecule is O=C(Nc1cc2cc(-c3cncc(NC4CCNCC4)n3)ncc2cn1)C1CCOCC1. The Bertz CT molecular complexity index is 1090. The molecule has 0 saturated carbocycles. The van der Waals surface area contributed by atoms with Crippen LogP contribution in [-0.2, 0) is 9.53 Å². The fourth-order valence-electron chi connectivity index (χ4n) is 4.17. The molecular weight excluding hydrogens is 406 g/mol. The zero-order valence-electron chi connectivity index (χ0n) is 17.9. The van der Waals surface area contributed by atoms with Crippen LogP contribution in [0.15, 0.2) is 36.9 Å². The minimum atomic E-state index is -0.0280. The second-order valence-electron chi connectivity index (χ2n) is 8.32. The van der Waals surface area contributed by atoms with Gasteiger partial charge in [0.1, 0.15) is 17.3 Å². The Kier molecular flexibility index (Phi) is 6.17.